The van der Waals surface area contributed by atoms with Gasteiger partial charge in [0, 0.05) is 0 Å². The summed E-state index contributed by atoms with van der Waals surface area (Å²) in [7, 11) is 0. The summed E-state index contributed by atoms with van der Waals surface area (Å²) in [5.41, 5.74) is 0. The van der Waals surface area contributed by atoms with Crippen LogP contribution in [0.2, 0.25) is 0 Å². The Kier molecular flexibility index (Phi) is 10.5. The summed E-state index contributed by atoms with van der Waals surface area (Å²) in [5.74, 6) is 0. The molecule has 0 aromatic carbocycles. The van der Waals surface area contributed by atoms with Crippen LogP contribution in [-0.4, -0.2) is 12.6 Å². The van der Waals surface area contributed by atoms with E-state index in [1.807, 2.05) is 0 Å². The summed E-state index contributed by atoms with van der Waals surface area (Å²) in [6, 6.07) is 0. The monoisotopic (exact) mass is 244 g/mol. The second-order valence-electron chi connectivity index (χ2n) is 0.671. The molecule has 10 heteroatoms. The first-order valence-electron chi connectivity index (χ1n) is 1.25. The molecule has 0 rings (SSSR count). The summed E-state index contributed by atoms with van der Waals surface area (Å²) in [6.45, 7) is 0. The molecule has 0 atom stereocenters. The molecular weight excluding hydrogens is 236 g/mol. The Balaban J connectivity index is -0.0000000910. The van der Waals surface area contributed by atoms with E-state index in [-0.39, 0.29) is 6.15 Å². The Bertz CT molecular complexity index is 154. The van der Waals surface area contributed by atoms with Gasteiger partial charge in [0.25, 0.3) is 0 Å². The molecule has 0 aromatic heterocycles. The number of rotatable bonds is 0. The second-order valence-corrected chi connectivity index (χ2v) is 2.87. The van der Waals surface area contributed by atoms with Gasteiger partial charge in [-0.25, -0.2) is 0 Å². The van der Waals surface area contributed by atoms with Gasteiger partial charge in [-0.2, -0.15) is 0 Å². The molecule has 0 amide bonds. The molecule has 0 aliphatic rings. The molecule has 0 saturated carbocycles. The Morgan fingerprint density at radius 2 is 1.20 bits per heavy atom. The molecule has 0 heterocycles. The zero-order valence-corrected chi connectivity index (χ0v) is 6.80. The standard InChI is InChI=1S/Mo.NO3.H3N.2H2O.2O/c;2-1(3)4;;;;;/h;;1H3;2*1H2;;/q+2;-1;;;;;/p-1. The quantitative estimate of drug-likeness (QED) is 0.270. The summed E-state index contributed by atoms with van der Waals surface area (Å²) in [6.07, 6.45) is 0. The number of hydrogen-bond donors (Lipinski definition) is 3. The van der Waals surface area contributed by atoms with Gasteiger partial charge in [0.15, 0.2) is 0 Å². The molecule has 6 N–H and O–H groups in total. The van der Waals surface area contributed by atoms with E-state index in [0.29, 0.717) is 0 Å². The SMILES string of the molecule is O=[N+]([O-])[O-].[NH4+].[O]=[Mo](=[O])([OH])[OH]. The summed E-state index contributed by atoms with van der Waals surface area (Å²) in [4.78, 5) is 8.25. The molecule has 0 radical (unpaired) electrons. The van der Waals surface area contributed by atoms with Gasteiger partial charge in [0.1, 0.15) is 0 Å². The molecular formula is H6MoN2O7. The number of quaternary nitrogens is 1. The topological polar surface area (TPSA) is 177 Å². The molecule has 0 saturated heterocycles. The van der Waals surface area contributed by atoms with Gasteiger partial charge >= 0.3 is 31.1 Å². The second kappa shape index (κ2) is 6.49. The minimum absolute atomic E-state index is 0. The Hall–Kier alpha value is -0.632. The molecule has 0 bridgehead atoms. The van der Waals surface area contributed by atoms with Crippen molar-refractivity contribution in [3.8, 4) is 0 Å². The summed E-state index contributed by atoms with van der Waals surface area (Å²) >= 11 is -5.52. The van der Waals surface area contributed by atoms with E-state index in [1.165, 1.54) is 0 Å². The number of nitrogens with zero attached hydrogens (tertiary/aromatic N) is 1. The third-order valence-electron chi connectivity index (χ3n) is 0. The maximum absolute atomic E-state index is 8.85. The molecule has 0 spiro atoms. The van der Waals surface area contributed by atoms with Gasteiger partial charge in [-0.1, -0.05) is 0 Å². The van der Waals surface area contributed by atoms with Crippen LogP contribution < -0.4 is 6.15 Å². The van der Waals surface area contributed by atoms with Crippen LogP contribution in [0.1, 0.15) is 0 Å². The Morgan fingerprint density at radius 1 is 1.20 bits per heavy atom. The third kappa shape index (κ3) is 749. The normalized spacial score (nSPS) is 8.20. The fraction of sp³-hybridized carbons (Fsp3) is 0. The van der Waals surface area contributed by atoms with Crippen LogP contribution in [0.5, 0.6) is 0 Å². The Labute approximate surface area is 58.3 Å². The van der Waals surface area contributed by atoms with Crippen molar-refractivity contribution in [2.45, 2.75) is 0 Å². The van der Waals surface area contributed by atoms with E-state index >= 15 is 0 Å². The van der Waals surface area contributed by atoms with Crippen LogP contribution >= 0.6 is 0 Å². The maximum atomic E-state index is 8.85. The fourth-order valence-corrected chi connectivity index (χ4v) is 0. The minimum atomic E-state index is -5.52. The fourth-order valence-electron chi connectivity index (χ4n) is 0. The van der Waals surface area contributed by atoms with Crippen LogP contribution in [0.15, 0.2) is 0 Å². The van der Waals surface area contributed by atoms with Crippen molar-refractivity contribution in [1.29, 1.82) is 0 Å². The zero-order chi connectivity index (χ0) is 8.08. The van der Waals surface area contributed by atoms with E-state index in [9.17, 15) is 0 Å². The first-order chi connectivity index (χ1) is 3.73. The summed E-state index contributed by atoms with van der Waals surface area (Å²) < 4.78 is 32.0. The molecule has 0 unspecified atom stereocenters. The number of hydrogen-bond acceptors (Lipinski definition) is 5. The summed E-state index contributed by atoms with van der Waals surface area (Å²) in [5, 5.41) is 14.8. The molecule has 9 nitrogen and oxygen atoms in total. The molecule has 10 heavy (non-hydrogen) atoms. The molecule has 0 aliphatic carbocycles. The first kappa shape index (κ1) is 16.2. The predicted molar refractivity (Wildman–Crippen MR) is 22.2 cm³/mol. The van der Waals surface area contributed by atoms with Gasteiger partial charge in [0.2, 0.25) is 0 Å². The van der Waals surface area contributed by atoms with Gasteiger partial charge in [0.05, 0.1) is 5.09 Å². The van der Waals surface area contributed by atoms with Crippen LogP contribution in [0.25, 0.3) is 0 Å². The molecule has 0 fully saturated rings. The molecule has 64 valence electrons. The van der Waals surface area contributed by atoms with Crippen LogP contribution in [0.4, 0.5) is 0 Å². The zero-order valence-electron chi connectivity index (χ0n) is 4.79. The van der Waals surface area contributed by atoms with E-state index in [0.717, 1.165) is 0 Å². The average Bonchev–Trinajstić information content (AvgIpc) is 1.19. The third-order valence-corrected chi connectivity index (χ3v) is 0. The van der Waals surface area contributed by atoms with Crippen molar-refractivity contribution >= 4 is 0 Å². The van der Waals surface area contributed by atoms with E-state index in [1.54, 1.807) is 0 Å². The van der Waals surface area contributed by atoms with Gasteiger partial charge in [-0.05, 0) is 0 Å². The molecule has 0 aliphatic heterocycles. The van der Waals surface area contributed by atoms with Crippen LogP contribution in [0.3, 0.4) is 0 Å². The van der Waals surface area contributed by atoms with Gasteiger partial charge < -0.3 is 21.5 Å². The van der Waals surface area contributed by atoms with Gasteiger partial charge in [-0.15, -0.1) is 0 Å². The van der Waals surface area contributed by atoms with Crippen molar-refractivity contribution < 1.29 is 36.1 Å². The van der Waals surface area contributed by atoms with Crippen molar-refractivity contribution in [2.24, 2.45) is 0 Å². The average molecular weight is 242 g/mol. The van der Waals surface area contributed by atoms with Crippen molar-refractivity contribution in [3.05, 3.63) is 15.3 Å². The Morgan fingerprint density at radius 3 is 1.20 bits per heavy atom. The first-order valence-corrected chi connectivity index (χ1v) is 4.68. The molecule has 0 aromatic rings. The van der Waals surface area contributed by atoms with E-state index in [2.05, 4.69) is 0 Å². The van der Waals surface area contributed by atoms with E-state index in [4.69, 9.17) is 29.6 Å². The van der Waals surface area contributed by atoms with Crippen LogP contribution in [0, 0.1) is 15.3 Å². The van der Waals surface area contributed by atoms with Crippen LogP contribution in [-0.2, 0) is 23.5 Å². The van der Waals surface area contributed by atoms with Crippen molar-refractivity contribution in [2.75, 3.05) is 0 Å². The van der Waals surface area contributed by atoms with Crippen molar-refractivity contribution in [1.82, 2.24) is 6.15 Å². The van der Waals surface area contributed by atoms with Gasteiger partial charge in [-0.3, -0.25) is 0 Å². The predicted octanol–water partition coefficient (Wildman–Crippen LogP) is -1.22. The van der Waals surface area contributed by atoms with E-state index < -0.39 is 21.8 Å². The van der Waals surface area contributed by atoms with Crippen molar-refractivity contribution in [3.63, 3.8) is 0 Å².